The summed E-state index contributed by atoms with van der Waals surface area (Å²) in [6.07, 6.45) is 5.23. The fraction of sp³-hybridized carbons (Fsp3) is 0.538. The van der Waals surface area contributed by atoms with Crippen molar-refractivity contribution < 1.29 is 9.59 Å². The van der Waals surface area contributed by atoms with Crippen LogP contribution in [-0.4, -0.2) is 29.8 Å². The first kappa shape index (κ1) is 22.1. The average Bonchev–Trinajstić information content (AvgIpc) is 3.10. The standard InChI is InChI=1S/C26H34N2O2S/c1-17-9-8-14-28(16-17)25(30)22-20-13-12-19(26(2,3)4)15-21(20)31-24(22)27-23(29)18-10-6-5-7-11-18/h5-7,10-11,17,19H,8-9,12-16H2,1-4H3,(H,27,29)/t17-,19-/m0/s1. The molecule has 2 heterocycles. The lowest BCUT2D eigenvalue weighted by Crippen LogP contribution is -2.39. The van der Waals surface area contributed by atoms with E-state index < -0.39 is 0 Å². The Morgan fingerprint density at radius 3 is 2.55 bits per heavy atom. The Morgan fingerprint density at radius 2 is 1.87 bits per heavy atom. The minimum atomic E-state index is -0.146. The molecule has 1 saturated heterocycles. The van der Waals surface area contributed by atoms with Crippen molar-refractivity contribution in [2.75, 3.05) is 18.4 Å². The second kappa shape index (κ2) is 8.78. The number of rotatable bonds is 3. The van der Waals surface area contributed by atoms with Crippen LogP contribution in [0.1, 0.15) is 78.1 Å². The predicted molar refractivity (Wildman–Crippen MR) is 128 cm³/mol. The van der Waals surface area contributed by atoms with Gasteiger partial charge >= 0.3 is 0 Å². The topological polar surface area (TPSA) is 49.4 Å². The summed E-state index contributed by atoms with van der Waals surface area (Å²) < 4.78 is 0. The SMILES string of the molecule is C[C@H]1CCCN(C(=O)c2c(NC(=O)c3ccccc3)sc3c2CC[C@H](C(C)(C)C)C3)C1. The van der Waals surface area contributed by atoms with Gasteiger partial charge in [-0.25, -0.2) is 0 Å². The van der Waals surface area contributed by atoms with E-state index in [4.69, 9.17) is 0 Å². The number of nitrogens with one attached hydrogen (secondary N) is 1. The van der Waals surface area contributed by atoms with E-state index in [1.54, 1.807) is 11.3 Å². The van der Waals surface area contributed by atoms with Crippen LogP contribution in [-0.2, 0) is 12.8 Å². The summed E-state index contributed by atoms with van der Waals surface area (Å²) in [6, 6.07) is 9.26. The number of carbonyl (C=O) groups is 2. The third kappa shape index (κ3) is 4.72. The molecule has 2 aliphatic rings. The van der Waals surface area contributed by atoms with E-state index >= 15 is 0 Å². The van der Waals surface area contributed by atoms with Gasteiger partial charge in [-0.3, -0.25) is 9.59 Å². The van der Waals surface area contributed by atoms with Gasteiger partial charge in [-0.2, -0.15) is 0 Å². The Bertz CT molecular complexity index is 958. The summed E-state index contributed by atoms with van der Waals surface area (Å²) in [7, 11) is 0. The lowest BCUT2D eigenvalue weighted by Gasteiger charge is -2.34. The summed E-state index contributed by atoms with van der Waals surface area (Å²) >= 11 is 1.62. The molecule has 4 rings (SSSR count). The monoisotopic (exact) mass is 438 g/mol. The van der Waals surface area contributed by atoms with Crippen molar-refractivity contribution in [2.45, 2.75) is 59.8 Å². The van der Waals surface area contributed by atoms with Gasteiger partial charge < -0.3 is 10.2 Å². The van der Waals surface area contributed by atoms with Crippen molar-refractivity contribution in [2.24, 2.45) is 17.3 Å². The second-order valence-electron chi connectivity index (χ2n) is 10.3. The number of thiophene rings is 1. The zero-order valence-electron chi connectivity index (χ0n) is 19.2. The van der Waals surface area contributed by atoms with Gasteiger partial charge in [0.05, 0.1) is 5.56 Å². The second-order valence-corrected chi connectivity index (χ2v) is 11.4. The smallest absolute Gasteiger partial charge is 0.257 e. The maximum Gasteiger partial charge on any atom is 0.257 e. The molecule has 1 aromatic carbocycles. The molecule has 0 saturated carbocycles. The Labute approximate surface area is 190 Å². The van der Waals surface area contributed by atoms with Crippen LogP contribution in [0.5, 0.6) is 0 Å². The molecule has 0 spiro atoms. The van der Waals surface area contributed by atoms with Crippen molar-refractivity contribution in [1.82, 2.24) is 4.90 Å². The van der Waals surface area contributed by atoms with Crippen LogP contribution in [0.4, 0.5) is 5.00 Å². The van der Waals surface area contributed by atoms with Crippen molar-refractivity contribution in [1.29, 1.82) is 0 Å². The molecule has 2 atom stereocenters. The summed E-state index contributed by atoms with van der Waals surface area (Å²) in [6.45, 7) is 10.7. The molecule has 1 N–H and O–H groups in total. The molecular weight excluding hydrogens is 404 g/mol. The normalized spacial score (nSPS) is 21.5. The van der Waals surface area contributed by atoms with Gasteiger partial charge in [0.1, 0.15) is 5.00 Å². The van der Waals surface area contributed by atoms with Crippen LogP contribution in [0.2, 0.25) is 0 Å². The predicted octanol–water partition coefficient (Wildman–Crippen LogP) is 6.02. The molecule has 0 unspecified atom stereocenters. The number of anilines is 1. The maximum absolute atomic E-state index is 13.7. The molecule has 2 aromatic rings. The first-order valence-corrected chi connectivity index (χ1v) is 12.4. The molecule has 166 valence electrons. The Morgan fingerprint density at radius 1 is 1.13 bits per heavy atom. The molecule has 1 aromatic heterocycles. The third-order valence-electron chi connectivity index (χ3n) is 6.91. The van der Waals surface area contributed by atoms with Gasteiger partial charge in [-0.15, -0.1) is 11.3 Å². The summed E-state index contributed by atoms with van der Waals surface area (Å²) in [5.74, 6) is 1.07. The van der Waals surface area contributed by atoms with E-state index in [0.29, 0.717) is 17.4 Å². The zero-order valence-corrected chi connectivity index (χ0v) is 20.0. The summed E-state index contributed by atoms with van der Waals surface area (Å²) in [4.78, 5) is 29.9. The van der Waals surface area contributed by atoms with E-state index in [2.05, 4.69) is 33.0 Å². The number of nitrogens with zero attached hydrogens (tertiary/aromatic N) is 1. The number of amides is 2. The largest absolute Gasteiger partial charge is 0.338 e. The molecule has 1 aliphatic carbocycles. The number of hydrogen-bond acceptors (Lipinski definition) is 3. The summed E-state index contributed by atoms with van der Waals surface area (Å²) in [5, 5.41) is 3.83. The van der Waals surface area contributed by atoms with Gasteiger partial charge in [-0.05, 0) is 67.1 Å². The van der Waals surface area contributed by atoms with E-state index in [1.807, 2.05) is 35.2 Å². The van der Waals surface area contributed by atoms with E-state index in [1.165, 1.54) is 16.9 Å². The molecule has 2 amide bonds. The molecule has 0 bridgehead atoms. The first-order valence-electron chi connectivity index (χ1n) is 11.5. The highest BCUT2D eigenvalue weighted by atomic mass is 32.1. The van der Waals surface area contributed by atoms with Gasteiger partial charge in [-0.1, -0.05) is 45.9 Å². The van der Waals surface area contributed by atoms with Crippen LogP contribution in [0.15, 0.2) is 30.3 Å². The van der Waals surface area contributed by atoms with Crippen LogP contribution < -0.4 is 5.32 Å². The van der Waals surface area contributed by atoms with Crippen molar-refractivity contribution in [3.05, 3.63) is 51.9 Å². The van der Waals surface area contributed by atoms with Crippen LogP contribution >= 0.6 is 11.3 Å². The highest BCUT2D eigenvalue weighted by Crippen LogP contribution is 2.45. The van der Waals surface area contributed by atoms with Crippen molar-refractivity contribution >= 4 is 28.2 Å². The van der Waals surface area contributed by atoms with Gasteiger partial charge in [0.2, 0.25) is 0 Å². The van der Waals surface area contributed by atoms with Gasteiger partial charge in [0, 0.05) is 23.5 Å². The third-order valence-corrected chi connectivity index (χ3v) is 8.08. The number of piperidine rings is 1. The highest BCUT2D eigenvalue weighted by molar-refractivity contribution is 7.17. The fourth-order valence-corrected chi connectivity index (χ4v) is 6.25. The van der Waals surface area contributed by atoms with E-state index in [9.17, 15) is 9.59 Å². The van der Waals surface area contributed by atoms with Gasteiger partial charge in [0.15, 0.2) is 0 Å². The Balaban J connectivity index is 1.68. The highest BCUT2D eigenvalue weighted by Gasteiger charge is 2.35. The molecule has 0 radical (unpaired) electrons. The lowest BCUT2D eigenvalue weighted by molar-refractivity contribution is 0.0683. The van der Waals surface area contributed by atoms with Crippen molar-refractivity contribution in [3.63, 3.8) is 0 Å². The quantitative estimate of drug-likeness (QED) is 0.637. The number of carbonyl (C=O) groups excluding carboxylic acids is 2. The number of likely N-dealkylation sites (tertiary alicyclic amines) is 1. The Hall–Kier alpha value is -2.14. The van der Waals surface area contributed by atoms with E-state index in [-0.39, 0.29) is 17.2 Å². The van der Waals surface area contributed by atoms with Crippen LogP contribution in [0.25, 0.3) is 0 Å². The number of hydrogen-bond donors (Lipinski definition) is 1. The minimum absolute atomic E-state index is 0.0987. The summed E-state index contributed by atoms with van der Waals surface area (Å²) in [5.41, 5.74) is 2.79. The van der Waals surface area contributed by atoms with Crippen LogP contribution in [0.3, 0.4) is 0 Å². The number of benzene rings is 1. The molecular formula is C26H34N2O2S. The minimum Gasteiger partial charge on any atom is -0.338 e. The molecule has 1 fully saturated rings. The Kier molecular flexibility index (Phi) is 6.25. The van der Waals surface area contributed by atoms with Crippen molar-refractivity contribution in [3.8, 4) is 0 Å². The molecule has 1 aliphatic heterocycles. The average molecular weight is 439 g/mol. The maximum atomic E-state index is 13.7. The molecule has 5 heteroatoms. The fourth-order valence-electron chi connectivity index (χ4n) is 4.94. The lowest BCUT2D eigenvalue weighted by atomic mass is 9.72. The first-order chi connectivity index (χ1) is 14.7. The van der Waals surface area contributed by atoms with E-state index in [0.717, 1.165) is 49.3 Å². The van der Waals surface area contributed by atoms with Gasteiger partial charge in [0.25, 0.3) is 11.8 Å². The zero-order chi connectivity index (χ0) is 22.2. The van der Waals surface area contributed by atoms with Crippen LogP contribution in [0, 0.1) is 17.3 Å². The molecule has 31 heavy (non-hydrogen) atoms. The molecule has 4 nitrogen and oxygen atoms in total. The number of fused-ring (bicyclic) bond motifs is 1.